The molecule has 0 saturated carbocycles. The number of anilines is 2. The minimum atomic E-state index is -0.341. The topological polar surface area (TPSA) is 81.3 Å². The molecule has 0 atom stereocenters. The Balaban J connectivity index is 1.45. The number of nitrogens with zero attached hydrogens (tertiary/aromatic N) is 5. The normalized spacial score (nSPS) is 13.9. The number of fused-ring (bicyclic) bond motifs is 1. The number of hydrogen-bond acceptors (Lipinski definition) is 7. The van der Waals surface area contributed by atoms with Gasteiger partial charge in [0.2, 0.25) is 0 Å². The molecule has 0 spiro atoms. The van der Waals surface area contributed by atoms with Crippen LogP contribution < -0.4 is 15.5 Å². The lowest BCUT2D eigenvalue weighted by atomic mass is 10.1. The molecule has 1 fully saturated rings. The smallest absolute Gasteiger partial charge is 0.184 e. The number of rotatable bonds is 6. The van der Waals surface area contributed by atoms with Crippen molar-refractivity contribution < 1.29 is 8.78 Å². The lowest BCUT2D eigenvalue weighted by molar-refractivity contribution is 0.564. The summed E-state index contributed by atoms with van der Waals surface area (Å²) < 4.78 is 30.1. The van der Waals surface area contributed by atoms with Crippen molar-refractivity contribution in [2.24, 2.45) is 0 Å². The van der Waals surface area contributed by atoms with Crippen molar-refractivity contribution in [1.82, 2.24) is 19.7 Å². The molecule has 0 bridgehead atoms. The van der Waals surface area contributed by atoms with Crippen LogP contribution >= 0.6 is 11.3 Å². The van der Waals surface area contributed by atoms with Crippen LogP contribution in [-0.2, 0) is 13.0 Å². The van der Waals surface area contributed by atoms with Crippen LogP contribution in [0.3, 0.4) is 0 Å². The molecule has 1 saturated heterocycles. The van der Waals surface area contributed by atoms with Crippen LogP contribution in [0.4, 0.5) is 19.6 Å². The first-order valence-electron chi connectivity index (χ1n) is 11.1. The monoisotopic (exact) mass is 479 g/mol. The Hall–Kier alpha value is -3.55. The highest BCUT2D eigenvalue weighted by Crippen LogP contribution is 2.31. The first-order chi connectivity index (χ1) is 16.6. The van der Waals surface area contributed by atoms with Crippen LogP contribution in [0.5, 0.6) is 0 Å². The maximum Gasteiger partial charge on any atom is 0.184 e. The van der Waals surface area contributed by atoms with Crippen molar-refractivity contribution in [2.75, 3.05) is 36.4 Å². The number of nitrogens with one attached hydrogen (secondary N) is 2. The number of nitriles is 1. The lowest BCUT2D eigenvalue weighted by Crippen LogP contribution is -2.44. The predicted molar refractivity (Wildman–Crippen MR) is 129 cm³/mol. The van der Waals surface area contributed by atoms with E-state index in [1.807, 2.05) is 22.4 Å². The Bertz CT molecular complexity index is 1360. The summed E-state index contributed by atoms with van der Waals surface area (Å²) in [7, 11) is 0. The number of aromatic nitrogens is 3. The SMILES string of the molecule is CCc1nc2cc(F)c(N3CCNCC3)cn2c1CNc1nc(-c2ccc(F)cc2)c(C#N)s1. The van der Waals surface area contributed by atoms with Crippen molar-refractivity contribution in [3.05, 3.63) is 64.4 Å². The number of hydrogen-bond donors (Lipinski definition) is 2. The highest BCUT2D eigenvalue weighted by atomic mass is 32.1. The van der Waals surface area contributed by atoms with Gasteiger partial charge >= 0.3 is 0 Å². The molecule has 4 heterocycles. The number of imidazole rings is 1. The van der Waals surface area contributed by atoms with Gasteiger partial charge in [-0.1, -0.05) is 18.3 Å². The quantitative estimate of drug-likeness (QED) is 0.432. The standard InChI is InChI=1S/C24H23F2N7S/c1-2-18-19(33-14-20(17(26)11-22(33)30-18)32-9-7-28-8-10-32)13-29-24-31-23(21(12-27)34-24)15-3-5-16(25)6-4-15/h3-6,11,14,28H,2,7-10,13H2,1H3,(H,29,31). The van der Waals surface area contributed by atoms with E-state index in [-0.39, 0.29) is 11.6 Å². The molecule has 0 unspecified atom stereocenters. The van der Waals surface area contributed by atoms with E-state index in [1.54, 1.807) is 12.1 Å². The number of halogens is 2. The van der Waals surface area contributed by atoms with Crippen molar-refractivity contribution in [3.8, 4) is 17.3 Å². The molecule has 3 aromatic heterocycles. The molecule has 1 aromatic carbocycles. The maximum absolute atomic E-state index is 14.9. The van der Waals surface area contributed by atoms with Crippen molar-refractivity contribution in [3.63, 3.8) is 0 Å². The minimum absolute atomic E-state index is 0.274. The van der Waals surface area contributed by atoms with Gasteiger partial charge in [-0.05, 0) is 30.7 Å². The van der Waals surface area contributed by atoms with E-state index >= 15 is 0 Å². The number of aryl methyl sites for hydroxylation is 1. The van der Waals surface area contributed by atoms with Crippen LogP contribution in [0.1, 0.15) is 23.2 Å². The first-order valence-corrected chi connectivity index (χ1v) is 11.9. The molecule has 0 aliphatic carbocycles. The largest absolute Gasteiger partial charge is 0.365 e. The third-order valence-corrected chi connectivity index (χ3v) is 6.84. The second-order valence-corrected chi connectivity index (χ2v) is 9.00. The van der Waals surface area contributed by atoms with Crippen molar-refractivity contribution in [1.29, 1.82) is 5.26 Å². The molecule has 5 rings (SSSR count). The number of thiazole rings is 1. The van der Waals surface area contributed by atoms with E-state index in [0.717, 1.165) is 37.6 Å². The zero-order valence-electron chi connectivity index (χ0n) is 18.6. The molecular formula is C24H23F2N7S. The molecule has 34 heavy (non-hydrogen) atoms. The third kappa shape index (κ3) is 4.20. The molecular weight excluding hydrogens is 456 g/mol. The lowest BCUT2D eigenvalue weighted by Gasteiger charge is -2.29. The van der Waals surface area contributed by atoms with E-state index in [9.17, 15) is 14.0 Å². The number of benzene rings is 1. The van der Waals surface area contributed by atoms with E-state index in [1.165, 1.54) is 29.5 Å². The van der Waals surface area contributed by atoms with Crippen LogP contribution in [-0.4, -0.2) is 40.5 Å². The minimum Gasteiger partial charge on any atom is -0.365 e. The zero-order valence-corrected chi connectivity index (χ0v) is 19.4. The summed E-state index contributed by atoms with van der Waals surface area (Å²) in [4.78, 5) is 11.7. The van der Waals surface area contributed by atoms with Gasteiger partial charge in [0.15, 0.2) is 10.9 Å². The van der Waals surface area contributed by atoms with Gasteiger partial charge in [-0.15, -0.1) is 0 Å². The Morgan fingerprint density at radius 1 is 1.18 bits per heavy atom. The molecule has 0 radical (unpaired) electrons. The van der Waals surface area contributed by atoms with E-state index < -0.39 is 0 Å². The van der Waals surface area contributed by atoms with E-state index in [4.69, 9.17) is 0 Å². The average Bonchev–Trinajstić information content (AvgIpc) is 3.43. The summed E-state index contributed by atoms with van der Waals surface area (Å²) in [5, 5.41) is 16.7. The molecule has 0 amide bonds. The number of pyridine rings is 1. The second-order valence-electron chi connectivity index (χ2n) is 8.00. The van der Waals surface area contributed by atoms with Crippen LogP contribution in [0.25, 0.3) is 16.9 Å². The average molecular weight is 480 g/mol. The van der Waals surface area contributed by atoms with Crippen LogP contribution in [0, 0.1) is 23.0 Å². The molecule has 2 N–H and O–H groups in total. The zero-order chi connectivity index (χ0) is 23.7. The van der Waals surface area contributed by atoms with Crippen molar-refractivity contribution >= 4 is 27.8 Å². The summed E-state index contributed by atoms with van der Waals surface area (Å²) in [5.74, 6) is -0.615. The van der Waals surface area contributed by atoms with Gasteiger partial charge < -0.3 is 15.5 Å². The molecule has 174 valence electrons. The van der Waals surface area contributed by atoms with Gasteiger partial charge in [0.1, 0.15) is 28.1 Å². The summed E-state index contributed by atoms with van der Waals surface area (Å²) in [6.45, 7) is 5.55. The predicted octanol–water partition coefficient (Wildman–Crippen LogP) is 4.19. The molecule has 7 nitrogen and oxygen atoms in total. The molecule has 4 aromatic rings. The Kier molecular flexibility index (Phi) is 6.13. The summed E-state index contributed by atoms with van der Waals surface area (Å²) >= 11 is 1.25. The van der Waals surface area contributed by atoms with Gasteiger partial charge in [0.25, 0.3) is 0 Å². The van der Waals surface area contributed by atoms with Gasteiger partial charge in [0.05, 0.1) is 23.6 Å². The Labute approximate surface area is 199 Å². The van der Waals surface area contributed by atoms with Crippen LogP contribution in [0.15, 0.2) is 36.5 Å². The fraction of sp³-hybridized carbons (Fsp3) is 0.292. The summed E-state index contributed by atoms with van der Waals surface area (Å²) in [5.41, 5.74) is 4.13. The maximum atomic E-state index is 14.9. The van der Waals surface area contributed by atoms with Crippen LogP contribution in [0.2, 0.25) is 0 Å². The first kappa shape index (κ1) is 22.3. The van der Waals surface area contributed by atoms with Gasteiger partial charge in [-0.2, -0.15) is 5.26 Å². The van der Waals surface area contributed by atoms with E-state index in [0.29, 0.717) is 45.6 Å². The molecule has 1 aliphatic heterocycles. The molecule has 1 aliphatic rings. The fourth-order valence-electron chi connectivity index (χ4n) is 4.19. The molecule has 10 heteroatoms. The van der Waals surface area contributed by atoms with Gasteiger partial charge in [-0.3, -0.25) is 4.40 Å². The number of piperazine rings is 1. The third-order valence-electron chi connectivity index (χ3n) is 5.92. The van der Waals surface area contributed by atoms with E-state index in [2.05, 4.69) is 26.7 Å². The summed E-state index contributed by atoms with van der Waals surface area (Å²) in [6.07, 6.45) is 2.52. The van der Waals surface area contributed by atoms with Crippen molar-refractivity contribution in [2.45, 2.75) is 19.9 Å². The second kappa shape index (κ2) is 9.37. The van der Waals surface area contributed by atoms with Gasteiger partial charge in [-0.25, -0.2) is 18.7 Å². The fourth-order valence-corrected chi connectivity index (χ4v) is 4.97. The summed E-state index contributed by atoms with van der Waals surface area (Å²) in [6, 6.07) is 9.59. The van der Waals surface area contributed by atoms with Gasteiger partial charge in [0, 0.05) is 44.0 Å². The highest BCUT2D eigenvalue weighted by molar-refractivity contribution is 7.16. The highest BCUT2D eigenvalue weighted by Gasteiger charge is 2.20. The Morgan fingerprint density at radius 2 is 1.94 bits per heavy atom. The Morgan fingerprint density at radius 3 is 2.65 bits per heavy atom.